The van der Waals surface area contributed by atoms with Crippen molar-refractivity contribution in [3.8, 4) is 0 Å². The van der Waals surface area contributed by atoms with Crippen molar-refractivity contribution in [3.63, 3.8) is 0 Å². The van der Waals surface area contributed by atoms with Crippen LogP contribution in [0.5, 0.6) is 0 Å². The Morgan fingerprint density at radius 1 is 1.24 bits per heavy atom. The van der Waals surface area contributed by atoms with E-state index in [0.29, 0.717) is 5.65 Å². The molecule has 0 saturated heterocycles. The molecule has 92 valence electrons. The summed E-state index contributed by atoms with van der Waals surface area (Å²) in [5.41, 5.74) is 1.51. The highest BCUT2D eigenvalue weighted by Crippen LogP contribution is 2.13. The Bertz CT molecular complexity index is 457. The minimum atomic E-state index is 0.676. The fourth-order valence-corrected chi connectivity index (χ4v) is 1.47. The van der Waals surface area contributed by atoms with E-state index in [1.807, 2.05) is 0 Å². The number of fused-ring (bicyclic) bond motifs is 1. The Morgan fingerprint density at radius 2 is 2.18 bits per heavy atom. The number of hydrogen-bond acceptors (Lipinski definition) is 6. The van der Waals surface area contributed by atoms with Crippen molar-refractivity contribution in [1.82, 2.24) is 25.3 Å². The second kappa shape index (κ2) is 6.12. The van der Waals surface area contributed by atoms with Gasteiger partial charge in [0.1, 0.15) is 11.8 Å². The lowest BCUT2D eigenvalue weighted by Crippen LogP contribution is -2.25. The van der Waals surface area contributed by atoms with Gasteiger partial charge in [-0.25, -0.2) is 15.0 Å². The lowest BCUT2D eigenvalue weighted by atomic mass is 10.4. The molecule has 0 aromatic carbocycles. The number of H-pyrrole nitrogens is 1. The summed E-state index contributed by atoms with van der Waals surface area (Å²) in [5.74, 6) is 0.779. The van der Waals surface area contributed by atoms with Crippen LogP contribution >= 0.6 is 0 Å². The Morgan fingerprint density at radius 3 is 3.06 bits per heavy atom. The van der Waals surface area contributed by atoms with Crippen molar-refractivity contribution >= 4 is 17.0 Å². The number of rotatable bonds is 7. The molecule has 3 N–H and O–H groups in total. The molecule has 0 aliphatic carbocycles. The lowest BCUT2D eigenvalue weighted by molar-refractivity contribution is 0.200. The van der Waals surface area contributed by atoms with Crippen molar-refractivity contribution in [2.24, 2.45) is 0 Å². The Kier molecular flexibility index (Phi) is 4.23. The maximum atomic E-state index is 4.94. The third-order valence-corrected chi connectivity index (χ3v) is 2.30. The fourth-order valence-electron chi connectivity index (χ4n) is 1.47. The van der Waals surface area contributed by atoms with E-state index in [9.17, 15) is 0 Å². The number of hydrogen-bond donors (Lipinski definition) is 3. The van der Waals surface area contributed by atoms with Crippen LogP contribution in [0.1, 0.15) is 0 Å². The molecule has 7 nitrogen and oxygen atoms in total. The van der Waals surface area contributed by atoms with Gasteiger partial charge >= 0.3 is 0 Å². The van der Waals surface area contributed by atoms with E-state index in [0.717, 1.165) is 37.6 Å². The summed E-state index contributed by atoms with van der Waals surface area (Å²) in [6.07, 6.45) is 3.12. The van der Waals surface area contributed by atoms with Crippen molar-refractivity contribution < 1.29 is 4.74 Å². The molecule has 0 spiro atoms. The quantitative estimate of drug-likeness (QED) is 0.587. The third-order valence-electron chi connectivity index (χ3n) is 2.30. The normalized spacial score (nSPS) is 10.9. The summed E-state index contributed by atoms with van der Waals surface area (Å²) >= 11 is 0. The van der Waals surface area contributed by atoms with E-state index in [2.05, 4.69) is 30.6 Å². The van der Waals surface area contributed by atoms with Gasteiger partial charge in [-0.05, 0) is 0 Å². The Balaban J connectivity index is 1.80. The zero-order valence-corrected chi connectivity index (χ0v) is 9.73. The van der Waals surface area contributed by atoms with Crippen molar-refractivity contribution in [2.45, 2.75) is 0 Å². The summed E-state index contributed by atoms with van der Waals surface area (Å²) < 4.78 is 4.94. The first-order valence-electron chi connectivity index (χ1n) is 5.49. The number of anilines is 1. The van der Waals surface area contributed by atoms with Crippen molar-refractivity contribution in [1.29, 1.82) is 0 Å². The molecular weight excluding hydrogens is 220 g/mol. The molecule has 0 atom stereocenters. The van der Waals surface area contributed by atoms with Crippen LogP contribution in [-0.4, -0.2) is 53.3 Å². The van der Waals surface area contributed by atoms with Gasteiger partial charge in [-0.3, -0.25) is 0 Å². The van der Waals surface area contributed by atoms with Crippen LogP contribution < -0.4 is 10.6 Å². The fraction of sp³-hybridized carbons (Fsp3) is 0.500. The number of aromatic nitrogens is 4. The zero-order chi connectivity index (χ0) is 11.9. The average molecular weight is 236 g/mol. The topological polar surface area (TPSA) is 87.8 Å². The van der Waals surface area contributed by atoms with Gasteiger partial charge in [-0.15, -0.1) is 0 Å². The van der Waals surface area contributed by atoms with Gasteiger partial charge in [-0.1, -0.05) is 0 Å². The standard InChI is InChI=1S/C10H16N6O/c1-17-5-4-11-2-3-12-9-8-10(14-6-13-8)16-7-15-9/h6-7,11H,2-5H2,1H3,(H2,12,13,14,15,16). The van der Waals surface area contributed by atoms with Crippen LogP contribution in [0.25, 0.3) is 11.2 Å². The molecule has 2 heterocycles. The first-order valence-corrected chi connectivity index (χ1v) is 5.49. The highest BCUT2D eigenvalue weighted by molar-refractivity contribution is 5.81. The number of imidazole rings is 1. The minimum Gasteiger partial charge on any atom is -0.383 e. The van der Waals surface area contributed by atoms with Gasteiger partial charge in [0.2, 0.25) is 0 Å². The molecule has 0 aliphatic rings. The lowest BCUT2D eigenvalue weighted by Gasteiger charge is -2.06. The molecule has 0 bridgehead atoms. The van der Waals surface area contributed by atoms with E-state index in [4.69, 9.17) is 4.74 Å². The molecule has 0 radical (unpaired) electrons. The summed E-state index contributed by atoms with van der Waals surface area (Å²) in [6.45, 7) is 3.21. The highest BCUT2D eigenvalue weighted by atomic mass is 16.5. The molecule has 0 saturated carbocycles. The molecule has 0 unspecified atom stereocenters. The third kappa shape index (κ3) is 3.11. The van der Waals surface area contributed by atoms with Gasteiger partial charge in [0, 0.05) is 26.7 Å². The molecule has 17 heavy (non-hydrogen) atoms. The molecule has 0 fully saturated rings. The van der Waals surface area contributed by atoms with Gasteiger partial charge in [-0.2, -0.15) is 0 Å². The van der Waals surface area contributed by atoms with Crippen LogP contribution in [-0.2, 0) is 4.74 Å². The maximum absolute atomic E-state index is 4.94. The first kappa shape index (κ1) is 11.7. The number of methoxy groups -OCH3 is 1. The van der Waals surface area contributed by atoms with E-state index < -0.39 is 0 Å². The first-order chi connectivity index (χ1) is 8.42. The molecule has 7 heteroatoms. The molecule has 0 aliphatic heterocycles. The van der Waals surface area contributed by atoms with E-state index in [-0.39, 0.29) is 0 Å². The van der Waals surface area contributed by atoms with Crippen LogP contribution in [0.3, 0.4) is 0 Å². The second-order valence-corrected chi connectivity index (χ2v) is 3.49. The largest absolute Gasteiger partial charge is 0.383 e. The molecular formula is C10H16N6O. The van der Waals surface area contributed by atoms with Crippen LogP contribution in [0.4, 0.5) is 5.82 Å². The van der Waals surface area contributed by atoms with Crippen LogP contribution in [0.15, 0.2) is 12.7 Å². The highest BCUT2D eigenvalue weighted by Gasteiger charge is 2.03. The number of nitrogens with zero attached hydrogens (tertiary/aromatic N) is 3. The summed E-state index contributed by atoms with van der Waals surface area (Å²) in [6, 6.07) is 0. The molecule has 2 rings (SSSR count). The van der Waals surface area contributed by atoms with Gasteiger partial charge < -0.3 is 20.4 Å². The van der Waals surface area contributed by atoms with Gasteiger partial charge in [0.15, 0.2) is 11.5 Å². The summed E-state index contributed by atoms with van der Waals surface area (Å²) in [4.78, 5) is 15.3. The Labute approximate surface area is 99.0 Å². The summed E-state index contributed by atoms with van der Waals surface area (Å²) in [7, 11) is 1.69. The molecule has 0 amide bonds. The number of nitrogens with one attached hydrogen (secondary N) is 3. The van der Waals surface area contributed by atoms with E-state index >= 15 is 0 Å². The summed E-state index contributed by atoms with van der Waals surface area (Å²) in [5, 5.41) is 6.47. The van der Waals surface area contributed by atoms with Crippen molar-refractivity contribution in [2.75, 3.05) is 38.7 Å². The smallest absolute Gasteiger partial charge is 0.182 e. The Hall–Kier alpha value is -1.73. The predicted molar refractivity (Wildman–Crippen MR) is 64.9 cm³/mol. The minimum absolute atomic E-state index is 0.676. The van der Waals surface area contributed by atoms with Gasteiger partial charge in [0.25, 0.3) is 0 Å². The average Bonchev–Trinajstić information content (AvgIpc) is 2.82. The molecule has 2 aromatic heterocycles. The van der Waals surface area contributed by atoms with E-state index in [1.54, 1.807) is 13.4 Å². The van der Waals surface area contributed by atoms with Gasteiger partial charge in [0.05, 0.1) is 12.9 Å². The monoisotopic (exact) mass is 236 g/mol. The van der Waals surface area contributed by atoms with Crippen molar-refractivity contribution in [3.05, 3.63) is 12.7 Å². The van der Waals surface area contributed by atoms with Crippen LogP contribution in [0, 0.1) is 0 Å². The number of ether oxygens (including phenoxy) is 1. The second-order valence-electron chi connectivity index (χ2n) is 3.49. The van der Waals surface area contributed by atoms with Crippen LogP contribution in [0.2, 0.25) is 0 Å². The number of aromatic amines is 1. The maximum Gasteiger partial charge on any atom is 0.182 e. The predicted octanol–water partition coefficient (Wildman–Crippen LogP) is 0.000800. The zero-order valence-electron chi connectivity index (χ0n) is 9.73. The SMILES string of the molecule is COCCNCCNc1ncnc2nc[nH]c12. The molecule has 2 aromatic rings. The van der Waals surface area contributed by atoms with E-state index in [1.165, 1.54) is 6.33 Å².